The zero-order valence-electron chi connectivity index (χ0n) is 12.2. The molecule has 21 heavy (non-hydrogen) atoms. The van der Waals surface area contributed by atoms with Crippen LogP contribution in [0.1, 0.15) is 24.0 Å². The summed E-state index contributed by atoms with van der Waals surface area (Å²) in [5, 5.41) is 0. The zero-order chi connectivity index (χ0) is 15.8. The molecular weight excluding hydrogens is 314 g/mol. The molecule has 1 saturated carbocycles. The second kappa shape index (κ2) is 5.85. The fourth-order valence-corrected chi connectivity index (χ4v) is 3.08. The predicted octanol–water partition coefficient (Wildman–Crippen LogP) is 2.23. The van der Waals surface area contributed by atoms with Gasteiger partial charge in [0.2, 0.25) is 0 Å². The lowest BCUT2D eigenvalue weighted by Gasteiger charge is -2.18. The predicted molar refractivity (Wildman–Crippen MR) is 80.2 cm³/mol. The van der Waals surface area contributed by atoms with Crippen LogP contribution in [0.2, 0.25) is 0 Å². The molecule has 0 saturated heterocycles. The van der Waals surface area contributed by atoms with Crippen molar-refractivity contribution < 1.29 is 17.9 Å². The number of amides is 1. The minimum absolute atomic E-state index is 0.0351. The van der Waals surface area contributed by atoms with Crippen molar-refractivity contribution in [3.8, 4) is 5.75 Å². The Morgan fingerprint density at radius 3 is 2.29 bits per heavy atom. The van der Waals surface area contributed by atoms with Gasteiger partial charge in [-0.1, -0.05) is 0 Å². The molecule has 0 N–H and O–H groups in total. The summed E-state index contributed by atoms with van der Waals surface area (Å²) in [6, 6.07) is 3.23. The number of rotatable bonds is 5. The average Bonchev–Trinajstić information content (AvgIpc) is 3.19. The molecule has 1 aliphatic rings. The molecule has 0 spiro atoms. The molecule has 0 aromatic heterocycles. The third-order valence-corrected chi connectivity index (χ3v) is 4.88. The molecule has 2 rings (SSSR count). The minimum atomic E-state index is -3.77. The SMILES string of the molecule is Cc1cc(S(=O)(=O)Cl)cc(C)c1OCC(=O)N(C)C1CC1. The molecule has 0 bridgehead atoms. The van der Waals surface area contributed by atoms with Gasteiger partial charge < -0.3 is 9.64 Å². The summed E-state index contributed by atoms with van der Waals surface area (Å²) in [4.78, 5) is 13.7. The van der Waals surface area contributed by atoms with E-state index in [9.17, 15) is 13.2 Å². The third kappa shape index (κ3) is 3.89. The summed E-state index contributed by atoms with van der Waals surface area (Å²) in [6.07, 6.45) is 2.09. The molecule has 1 aromatic rings. The number of hydrogen-bond acceptors (Lipinski definition) is 4. The molecule has 7 heteroatoms. The molecule has 0 atom stereocenters. The van der Waals surface area contributed by atoms with E-state index >= 15 is 0 Å². The third-order valence-electron chi connectivity index (χ3n) is 3.54. The van der Waals surface area contributed by atoms with Crippen molar-refractivity contribution in [1.82, 2.24) is 4.90 Å². The lowest BCUT2D eigenvalue weighted by atomic mass is 10.1. The topological polar surface area (TPSA) is 63.7 Å². The fourth-order valence-electron chi connectivity index (χ4n) is 2.18. The standard InChI is InChI=1S/C14H18ClNO4S/c1-9-6-12(21(15,18)19)7-10(2)14(9)20-8-13(17)16(3)11-4-5-11/h6-7,11H,4-5,8H2,1-3H3. The van der Waals surface area contributed by atoms with Crippen molar-refractivity contribution in [3.63, 3.8) is 0 Å². The zero-order valence-corrected chi connectivity index (χ0v) is 13.8. The molecule has 5 nitrogen and oxygen atoms in total. The Bertz CT molecular complexity index is 645. The highest BCUT2D eigenvalue weighted by Crippen LogP contribution is 2.29. The summed E-state index contributed by atoms with van der Waals surface area (Å²) in [5.41, 5.74) is 1.27. The number of hydrogen-bond donors (Lipinski definition) is 0. The summed E-state index contributed by atoms with van der Waals surface area (Å²) in [6.45, 7) is 3.40. The highest BCUT2D eigenvalue weighted by molar-refractivity contribution is 8.13. The maximum Gasteiger partial charge on any atom is 0.261 e. The highest BCUT2D eigenvalue weighted by Gasteiger charge is 2.29. The average molecular weight is 332 g/mol. The number of halogens is 1. The molecule has 116 valence electrons. The van der Waals surface area contributed by atoms with Crippen molar-refractivity contribution >= 4 is 25.6 Å². The molecule has 1 aromatic carbocycles. The number of aryl methyl sites for hydroxylation is 2. The van der Waals surface area contributed by atoms with Crippen LogP contribution in [0.25, 0.3) is 0 Å². The monoisotopic (exact) mass is 331 g/mol. The highest BCUT2D eigenvalue weighted by atomic mass is 35.7. The van der Waals surface area contributed by atoms with Gasteiger partial charge in [-0.05, 0) is 49.9 Å². The number of likely N-dealkylation sites (N-methyl/N-ethyl adjacent to an activating group) is 1. The number of carbonyl (C=O) groups excluding carboxylic acids is 1. The summed E-state index contributed by atoms with van der Waals surface area (Å²) < 4.78 is 28.3. The first-order valence-electron chi connectivity index (χ1n) is 6.64. The molecule has 0 unspecified atom stereocenters. The van der Waals surface area contributed by atoms with Crippen molar-refractivity contribution in [2.24, 2.45) is 0 Å². The first-order chi connectivity index (χ1) is 9.70. The van der Waals surface area contributed by atoms with Crippen LogP contribution in [0.15, 0.2) is 17.0 Å². The van der Waals surface area contributed by atoms with Crippen LogP contribution in [0.5, 0.6) is 5.75 Å². The summed E-state index contributed by atoms with van der Waals surface area (Å²) >= 11 is 0. The number of carbonyl (C=O) groups is 1. The summed E-state index contributed by atoms with van der Waals surface area (Å²) in [5.74, 6) is 0.446. The van der Waals surface area contributed by atoms with Crippen molar-refractivity contribution in [1.29, 1.82) is 0 Å². The minimum Gasteiger partial charge on any atom is -0.483 e. The van der Waals surface area contributed by atoms with Gasteiger partial charge in [0.05, 0.1) is 4.90 Å². The van der Waals surface area contributed by atoms with Crippen LogP contribution in [-0.2, 0) is 13.8 Å². The Hall–Kier alpha value is -1.27. The van der Waals surface area contributed by atoms with E-state index in [0.717, 1.165) is 12.8 Å². The first-order valence-corrected chi connectivity index (χ1v) is 8.95. The Labute approximate surface area is 129 Å². The largest absolute Gasteiger partial charge is 0.483 e. The van der Waals surface area contributed by atoms with Gasteiger partial charge >= 0.3 is 0 Å². The Morgan fingerprint density at radius 1 is 1.33 bits per heavy atom. The molecular formula is C14H18ClNO4S. The van der Waals surface area contributed by atoms with Gasteiger partial charge in [-0.15, -0.1) is 0 Å². The molecule has 0 radical (unpaired) electrons. The van der Waals surface area contributed by atoms with Gasteiger partial charge in [-0.25, -0.2) is 8.42 Å². The second-order valence-corrected chi connectivity index (χ2v) is 7.91. The van der Waals surface area contributed by atoms with Gasteiger partial charge in [0.1, 0.15) is 5.75 Å². The summed E-state index contributed by atoms with van der Waals surface area (Å²) in [7, 11) is 3.34. The van der Waals surface area contributed by atoms with Gasteiger partial charge in [0, 0.05) is 23.8 Å². The van der Waals surface area contributed by atoms with E-state index in [4.69, 9.17) is 15.4 Å². The molecule has 1 fully saturated rings. The van der Waals surface area contributed by atoms with E-state index in [0.29, 0.717) is 22.9 Å². The van der Waals surface area contributed by atoms with Crippen LogP contribution >= 0.6 is 10.7 Å². The Balaban J connectivity index is 2.11. The number of benzene rings is 1. The Morgan fingerprint density at radius 2 is 1.86 bits per heavy atom. The number of nitrogens with zero attached hydrogens (tertiary/aromatic N) is 1. The van der Waals surface area contributed by atoms with E-state index in [-0.39, 0.29) is 17.4 Å². The lowest BCUT2D eigenvalue weighted by molar-refractivity contribution is -0.132. The smallest absolute Gasteiger partial charge is 0.261 e. The van der Waals surface area contributed by atoms with Crippen molar-refractivity contribution in [2.45, 2.75) is 37.6 Å². The molecule has 0 heterocycles. The lowest BCUT2D eigenvalue weighted by Crippen LogP contribution is -2.33. The van der Waals surface area contributed by atoms with Crippen LogP contribution in [0.4, 0.5) is 0 Å². The van der Waals surface area contributed by atoms with E-state index in [1.807, 2.05) is 0 Å². The maximum absolute atomic E-state index is 11.9. The van der Waals surface area contributed by atoms with Crippen LogP contribution < -0.4 is 4.74 Å². The Kier molecular flexibility index (Phi) is 4.49. The normalized spacial score (nSPS) is 14.9. The quantitative estimate of drug-likeness (QED) is 0.776. The van der Waals surface area contributed by atoms with E-state index in [1.165, 1.54) is 12.1 Å². The van der Waals surface area contributed by atoms with Crippen LogP contribution in [-0.4, -0.2) is 38.9 Å². The molecule has 0 aliphatic heterocycles. The second-order valence-electron chi connectivity index (χ2n) is 5.35. The van der Waals surface area contributed by atoms with Gasteiger partial charge in [0.15, 0.2) is 6.61 Å². The van der Waals surface area contributed by atoms with Gasteiger partial charge in [-0.2, -0.15) is 0 Å². The van der Waals surface area contributed by atoms with E-state index in [2.05, 4.69) is 0 Å². The van der Waals surface area contributed by atoms with Crippen molar-refractivity contribution in [2.75, 3.05) is 13.7 Å². The van der Waals surface area contributed by atoms with Crippen LogP contribution in [0.3, 0.4) is 0 Å². The van der Waals surface area contributed by atoms with E-state index < -0.39 is 9.05 Å². The molecule has 1 aliphatic carbocycles. The van der Waals surface area contributed by atoms with E-state index in [1.54, 1.807) is 25.8 Å². The fraction of sp³-hybridized carbons (Fsp3) is 0.500. The molecule has 1 amide bonds. The maximum atomic E-state index is 11.9. The van der Waals surface area contributed by atoms with Crippen molar-refractivity contribution in [3.05, 3.63) is 23.3 Å². The first kappa shape index (κ1) is 16.1. The van der Waals surface area contributed by atoms with Gasteiger partial charge in [0.25, 0.3) is 15.0 Å². The van der Waals surface area contributed by atoms with Crippen LogP contribution in [0, 0.1) is 13.8 Å². The number of ether oxygens (including phenoxy) is 1. The van der Waals surface area contributed by atoms with Gasteiger partial charge in [-0.3, -0.25) is 4.79 Å².